The number of allylic oxidation sites excluding steroid dienone is 1. The number of rotatable bonds is 5. The molecular weight excluding hydrogens is 294 g/mol. The molecule has 0 unspecified atom stereocenters. The van der Waals surface area contributed by atoms with Crippen LogP contribution in [0.15, 0.2) is 42.5 Å². The lowest BCUT2D eigenvalue weighted by Crippen LogP contribution is -1.96. The molecule has 0 aromatic heterocycles. The molecule has 0 fully saturated rings. The molecule has 5 heteroatoms. The summed E-state index contributed by atoms with van der Waals surface area (Å²) in [4.78, 5) is 10.9. The molecule has 116 valence electrons. The highest BCUT2D eigenvalue weighted by atomic mass is 16.5. The lowest BCUT2D eigenvalue weighted by atomic mass is 10.0. The van der Waals surface area contributed by atoms with Gasteiger partial charge in [0.2, 0.25) is 0 Å². The van der Waals surface area contributed by atoms with E-state index in [1.54, 1.807) is 37.5 Å². The number of para-hydroxylation sites is 1. The van der Waals surface area contributed by atoms with Gasteiger partial charge in [-0.05, 0) is 29.8 Å². The Morgan fingerprint density at radius 2 is 1.74 bits per heavy atom. The number of methoxy groups -OCH3 is 2. The largest absolute Gasteiger partial charge is 0.493 e. The molecular formula is C18H15NO4. The molecule has 2 aromatic rings. The molecule has 0 heterocycles. The Balaban J connectivity index is 2.47. The van der Waals surface area contributed by atoms with Gasteiger partial charge >= 0.3 is 5.97 Å². The van der Waals surface area contributed by atoms with Crippen molar-refractivity contribution in [2.45, 2.75) is 0 Å². The second-order valence-corrected chi connectivity index (χ2v) is 4.64. The molecule has 0 bridgehead atoms. The van der Waals surface area contributed by atoms with Crippen LogP contribution in [0, 0.1) is 11.3 Å². The van der Waals surface area contributed by atoms with Gasteiger partial charge in [-0.1, -0.05) is 24.3 Å². The van der Waals surface area contributed by atoms with Gasteiger partial charge in [0.25, 0.3) is 0 Å². The number of aromatic carboxylic acids is 1. The van der Waals surface area contributed by atoms with Crippen LogP contribution in [-0.2, 0) is 0 Å². The van der Waals surface area contributed by atoms with Gasteiger partial charge in [-0.2, -0.15) is 5.26 Å². The van der Waals surface area contributed by atoms with Crippen LogP contribution >= 0.6 is 0 Å². The van der Waals surface area contributed by atoms with Crippen LogP contribution in [0.2, 0.25) is 0 Å². The monoisotopic (exact) mass is 309 g/mol. The first-order chi connectivity index (χ1) is 11.1. The summed E-state index contributed by atoms with van der Waals surface area (Å²) in [6.45, 7) is 0. The summed E-state index contributed by atoms with van der Waals surface area (Å²) in [5, 5.41) is 18.3. The Bertz CT molecular complexity index is 786. The summed E-state index contributed by atoms with van der Waals surface area (Å²) in [6.07, 6.45) is 1.68. The molecule has 1 N–H and O–H groups in total. The molecule has 0 spiro atoms. The Morgan fingerprint density at radius 1 is 1.09 bits per heavy atom. The van der Waals surface area contributed by atoms with E-state index in [9.17, 15) is 10.1 Å². The van der Waals surface area contributed by atoms with Crippen LogP contribution in [0.25, 0.3) is 11.6 Å². The summed E-state index contributed by atoms with van der Waals surface area (Å²) in [5.41, 5.74) is 1.89. The Kier molecular flexibility index (Phi) is 5.00. The van der Waals surface area contributed by atoms with E-state index in [-0.39, 0.29) is 5.56 Å². The van der Waals surface area contributed by atoms with Gasteiger partial charge in [-0.3, -0.25) is 0 Å². The second kappa shape index (κ2) is 7.14. The summed E-state index contributed by atoms with van der Waals surface area (Å²) in [7, 11) is 3.07. The van der Waals surface area contributed by atoms with E-state index in [0.29, 0.717) is 28.2 Å². The number of hydrogen-bond donors (Lipinski definition) is 1. The van der Waals surface area contributed by atoms with Crippen molar-refractivity contribution in [3.8, 4) is 17.6 Å². The maximum atomic E-state index is 10.9. The summed E-state index contributed by atoms with van der Waals surface area (Å²) in [5.74, 6) is 0.0955. The van der Waals surface area contributed by atoms with Crippen LogP contribution in [0.1, 0.15) is 21.5 Å². The van der Waals surface area contributed by atoms with Crippen molar-refractivity contribution in [2.75, 3.05) is 14.2 Å². The van der Waals surface area contributed by atoms with Crippen molar-refractivity contribution in [3.05, 3.63) is 59.2 Å². The zero-order valence-electron chi connectivity index (χ0n) is 12.7. The first-order valence-corrected chi connectivity index (χ1v) is 6.77. The number of nitrogens with zero attached hydrogens (tertiary/aromatic N) is 1. The Labute approximate surface area is 134 Å². The highest BCUT2D eigenvalue weighted by Gasteiger charge is 2.10. The predicted molar refractivity (Wildman–Crippen MR) is 86.4 cm³/mol. The number of carbonyl (C=O) groups is 1. The average molecular weight is 309 g/mol. The smallest absolute Gasteiger partial charge is 0.335 e. The van der Waals surface area contributed by atoms with Crippen LogP contribution in [0.4, 0.5) is 0 Å². The molecule has 0 radical (unpaired) electrons. The lowest BCUT2D eigenvalue weighted by molar-refractivity contribution is 0.0697. The molecule has 0 saturated carbocycles. The van der Waals surface area contributed by atoms with Crippen LogP contribution in [0.5, 0.6) is 11.5 Å². The van der Waals surface area contributed by atoms with Crippen LogP contribution < -0.4 is 9.47 Å². The minimum Gasteiger partial charge on any atom is -0.493 e. The fourth-order valence-corrected chi connectivity index (χ4v) is 2.15. The molecule has 0 aliphatic heterocycles. The fourth-order valence-electron chi connectivity index (χ4n) is 2.15. The van der Waals surface area contributed by atoms with Gasteiger partial charge in [0.1, 0.15) is 0 Å². The fraction of sp³-hybridized carbons (Fsp3) is 0.111. The first-order valence-electron chi connectivity index (χ1n) is 6.77. The normalized spacial score (nSPS) is 10.7. The van der Waals surface area contributed by atoms with Gasteiger partial charge in [0.15, 0.2) is 11.5 Å². The molecule has 0 saturated heterocycles. The van der Waals surface area contributed by atoms with Crippen molar-refractivity contribution in [1.82, 2.24) is 0 Å². The number of hydrogen-bond acceptors (Lipinski definition) is 4. The zero-order chi connectivity index (χ0) is 16.8. The molecule has 0 aliphatic rings. The maximum absolute atomic E-state index is 10.9. The highest BCUT2D eigenvalue weighted by Crippen LogP contribution is 2.33. The van der Waals surface area contributed by atoms with E-state index in [0.717, 1.165) is 0 Å². The number of carboxylic acids is 1. The number of carboxylic acid groups (broad SMARTS) is 1. The third kappa shape index (κ3) is 3.50. The van der Waals surface area contributed by atoms with Crippen molar-refractivity contribution >= 4 is 17.6 Å². The molecule has 2 rings (SSSR count). The van der Waals surface area contributed by atoms with E-state index >= 15 is 0 Å². The average Bonchev–Trinajstić information content (AvgIpc) is 2.59. The minimum absolute atomic E-state index is 0.171. The van der Waals surface area contributed by atoms with Gasteiger partial charge in [0, 0.05) is 5.56 Å². The standard InChI is InChI=1S/C18H15NO4/c1-22-16-5-3-4-14(17(16)23-2)10-15(11-19)12-6-8-13(9-7-12)18(20)21/h3-10H,1-2H3,(H,20,21). The summed E-state index contributed by atoms with van der Waals surface area (Å²) in [6, 6.07) is 13.6. The van der Waals surface area contributed by atoms with Crippen LogP contribution in [0.3, 0.4) is 0 Å². The Hall–Kier alpha value is -3.26. The van der Waals surface area contributed by atoms with Crippen LogP contribution in [-0.4, -0.2) is 25.3 Å². The molecule has 23 heavy (non-hydrogen) atoms. The predicted octanol–water partition coefficient (Wildman–Crippen LogP) is 3.47. The van der Waals surface area contributed by atoms with E-state index in [2.05, 4.69) is 6.07 Å². The Morgan fingerprint density at radius 3 is 2.26 bits per heavy atom. The lowest BCUT2D eigenvalue weighted by Gasteiger charge is -2.10. The summed E-state index contributed by atoms with van der Waals surface area (Å²) < 4.78 is 10.6. The van der Waals surface area contributed by atoms with Crippen molar-refractivity contribution in [1.29, 1.82) is 5.26 Å². The van der Waals surface area contributed by atoms with Gasteiger partial charge in [-0.25, -0.2) is 4.79 Å². The van der Waals surface area contributed by atoms with E-state index in [1.807, 2.05) is 6.07 Å². The van der Waals surface area contributed by atoms with E-state index in [1.165, 1.54) is 19.2 Å². The topological polar surface area (TPSA) is 79.5 Å². The second-order valence-electron chi connectivity index (χ2n) is 4.64. The number of benzene rings is 2. The highest BCUT2D eigenvalue weighted by molar-refractivity contribution is 5.93. The SMILES string of the molecule is COc1cccc(C=C(C#N)c2ccc(C(=O)O)cc2)c1OC. The number of ether oxygens (including phenoxy) is 2. The minimum atomic E-state index is -1.01. The first kappa shape index (κ1) is 16.1. The quantitative estimate of drug-likeness (QED) is 0.676. The third-order valence-corrected chi connectivity index (χ3v) is 3.30. The maximum Gasteiger partial charge on any atom is 0.335 e. The van der Waals surface area contributed by atoms with Crippen molar-refractivity contribution in [3.63, 3.8) is 0 Å². The van der Waals surface area contributed by atoms with Crippen molar-refractivity contribution < 1.29 is 19.4 Å². The molecule has 0 aliphatic carbocycles. The third-order valence-electron chi connectivity index (χ3n) is 3.30. The molecule has 0 amide bonds. The number of nitriles is 1. The van der Waals surface area contributed by atoms with Gasteiger partial charge in [0.05, 0.1) is 31.4 Å². The molecule has 2 aromatic carbocycles. The van der Waals surface area contributed by atoms with Gasteiger partial charge in [-0.15, -0.1) is 0 Å². The molecule has 0 atom stereocenters. The van der Waals surface area contributed by atoms with Gasteiger partial charge < -0.3 is 14.6 Å². The molecule has 5 nitrogen and oxygen atoms in total. The van der Waals surface area contributed by atoms with Crippen molar-refractivity contribution in [2.24, 2.45) is 0 Å². The van der Waals surface area contributed by atoms with E-state index in [4.69, 9.17) is 14.6 Å². The zero-order valence-corrected chi connectivity index (χ0v) is 12.7. The summed E-state index contributed by atoms with van der Waals surface area (Å²) >= 11 is 0. The van der Waals surface area contributed by atoms with E-state index < -0.39 is 5.97 Å².